The van der Waals surface area contributed by atoms with E-state index in [2.05, 4.69) is 5.32 Å². The quantitative estimate of drug-likeness (QED) is 0.721. The summed E-state index contributed by atoms with van der Waals surface area (Å²) in [5, 5.41) is 3.56. The van der Waals surface area contributed by atoms with Gasteiger partial charge in [0.15, 0.2) is 0 Å². The Kier molecular flexibility index (Phi) is 3.87. The first-order chi connectivity index (χ1) is 8.97. The molecule has 1 aromatic rings. The molecule has 0 heterocycles. The van der Waals surface area contributed by atoms with Crippen LogP contribution < -0.4 is 16.8 Å². The molecular formula is C13H18ClN3O2. The molecule has 1 aliphatic carbocycles. The van der Waals surface area contributed by atoms with Gasteiger partial charge in [0.1, 0.15) is 0 Å². The number of anilines is 2. The third-order valence-corrected chi connectivity index (χ3v) is 3.96. The van der Waals surface area contributed by atoms with Crippen LogP contribution in [-0.4, -0.2) is 25.2 Å². The summed E-state index contributed by atoms with van der Waals surface area (Å²) in [4.78, 5) is 11.4. The van der Waals surface area contributed by atoms with Crippen LogP contribution in [-0.2, 0) is 4.74 Å². The summed E-state index contributed by atoms with van der Waals surface area (Å²) in [6, 6.07) is 3.12. The van der Waals surface area contributed by atoms with Crippen LogP contribution in [0.25, 0.3) is 0 Å². The largest absolute Gasteiger partial charge is 0.399 e. The molecule has 0 atom stereocenters. The summed E-state index contributed by atoms with van der Waals surface area (Å²) in [5.41, 5.74) is 12.1. The minimum atomic E-state index is -0.559. The summed E-state index contributed by atoms with van der Waals surface area (Å²) < 4.78 is 5.51. The highest BCUT2D eigenvalue weighted by atomic mass is 35.5. The topological polar surface area (TPSA) is 90.4 Å². The van der Waals surface area contributed by atoms with Gasteiger partial charge in [-0.2, -0.15) is 0 Å². The molecule has 19 heavy (non-hydrogen) atoms. The van der Waals surface area contributed by atoms with E-state index < -0.39 is 5.91 Å². The van der Waals surface area contributed by atoms with E-state index in [0.29, 0.717) is 28.5 Å². The van der Waals surface area contributed by atoms with Gasteiger partial charge in [-0.3, -0.25) is 4.79 Å². The van der Waals surface area contributed by atoms with E-state index in [4.69, 9.17) is 27.8 Å². The number of ether oxygens (including phenoxy) is 1. The number of methoxy groups -OCH3 is 1. The summed E-state index contributed by atoms with van der Waals surface area (Å²) in [7, 11) is 1.69. The van der Waals surface area contributed by atoms with Gasteiger partial charge >= 0.3 is 0 Å². The van der Waals surface area contributed by atoms with Crippen molar-refractivity contribution in [3.63, 3.8) is 0 Å². The molecule has 0 aromatic heterocycles. The van der Waals surface area contributed by atoms with Crippen LogP contribution in [0.5, 0.6) is 0 Å². The number of carbonyl (C=O) groups excluding carboxylic acids is 1. The van der Waals surface area contributed by atoms with Crippen LogP contribution in [0.1, 0.15) is 29.6 Å². The highest BCUT2D eigenvalue weighted by molar-refractivity contribution is 6.34. The number of benzene rings is 1. The first-order valence-electron chi connectivity index (χ1n) is 6.15. The molecule has 1 fully saturated rings. The van der Waals surface area contributed by atoms with Gasteiger partial charge in [-0.1, -0.05) is 11.6 Å². The molecule has 0 aliphatic heterocycles. The normalized spacial score (nSPS) is 16.7. The number of hydrogen-bond donors (Lipinski definition) is 3. The zero-order valence-corrected chi connectivity index (χ0v) is 11.6. The minimum Gasteiger partial charge on any atom is -0.399 e. The average Bonchev–Trinajstić information content (AvgIpc) is 2.29. The molecule has 1 aliphatic rings. The van der Waals surface area contributed by atoms with Gasteiger partial charge in [-0.15, -0.1) is 0 Å². The summed E-state index contributed by atoms with van der Waals surface area (Å²) in [5.74, 6) is -0.559. The lowest BCUT2D eigenvalue weighted by Crippen LogP contribution is -2.45. The predicted molar refractivity (Wildman–Crippen MR) is 76.5 cm³/mol. The molecule has 2 rings (SSSR count). The Morgan fingerprint density at radius 1 is 1.53 bits per heavy atom. The van der Waals surface area contributed by atoms with Gasteiger partial charge in [0.05, 0.1) is 21.9 Å². The Bertz CT molecular complexity index is 495. The molecule has 0 radical (unpaired) electrons. The second kappa shape index (κ2) is 5.27. The lowest BCUT2D eigenvalue weighted by Gasteiger charge is -2.41. The maximum atomic E-state index is 11.4. The molecule has 0 bridgehead atoms. The van der Waals surface area contributed by atoms with E-state index in [9.17, 15) is 4.79 Å². The number of nitrogens with one attached hydrogen (secondary N) is 1. The third-order valence-electron chi connectivity index (χ3n) is 3.66. The van der Waals surface area contributed by atoms with Gasteiger partial charge in [-0.05, 0) is 31.4 Å². The molecule has 5 nitrogen and oxygen atoms in total. The number of rotatable bonds is 5. The molecule has 1 saturated carbocycles. The van der Waals surface area contributed by atoms with Crippen molar-refractivity contribution >= 4 is 28.9 Å². The van der Waals surface area contributed by atoms with Crippen molar-refractivity contribution in [3.8, 4) is 0 Å². The molecular weight excluding hydrogens is 266 g/mol. The molecule has 1 amide bonds. The molecule has 1 aromatic carbocycles. The van der Waals surface area contributed by atoms with E-state index >= 15 is 0 Å². The van der Waals surface area contributed by atoms with Crippen molar-refractivity contribution in [2.75, 3.05) is 24.7 Å². The Morgan fingerprint density at radius 3 is 2.68 bits per heavy atom. The van der Waals surface area contributed by atoms with E-state index in [1.165, 1.54) is 6.07 Å². The third kappa shape index (κ3) is 2.77. The van der Waals surface area contributed by atoms with Gasteiger partial charge in [0, 0.05) is 19.3 Å². The van der Waals surface area contributed by atoms with Crippen LogP contribution in [0, 0.1) is 0 Å². The van der Waals surface area contributed by atoms with Crippen molar-refractivity contribution in [3.05, 3.63) is 22.7 Å². The first-order valence-corrected chi connectivity index (χ1v) is 6.53. The van der Waals surface area contributed by atoms with Crippen molar-refractivity contribution in [1.82, 2.24) is 0 Å². The number of halogens is 1. The van der Waals surface area contributed by atoms with Gasteiger partial charge in [0.25, 0.3) is 5.91 Å². The number of nitrogen functional groups attached to an aromatic ring is 1. The van der Waals surface area contributed by atoms with Crippen molar-refractivity contribution < 1.29 is 9.53 Å². The minimum absolute atomic E-state index is 0.167. The van der Waals surface area contributed by atoms with Gasteiger partial charge < -0.3 is 21.5 Å². The van der Waals surface area contributed by atoms with Gasteiger partial charge in [0.2, 0.25) is 0 Å². The Hall–Kier alpha value is -1.46. The molecule has 6 heteroatoms. The van der Waals surface area contributed by atoms with Crippen LogP contribution in [0.3, 0.4) is 0 Å². The zero-order valence-electron chi connectivity index (χ0n) is 10.8. The zero-order chi connectivity index (χ0) is 14.0. The van der Waals surface area contributed by atoms with Crippen LogP contribution in [0.2, 0.25) is 5.02 Å². The van der Waals surface area contributed by atoms with Crippen molar-refractivity contribution in [2.24, 2.45) is 5.73 Å². The Balaban J connectivity index is 2.22. The lowest BCUT2D eigenvalue weighted by molar-refractivity contribution is -0.0601. The summed E-state index contributed by atoms with van der Waals surface area (Å²) in [6.45, 7) is 0.591. The highest BCUT2D eigenvalue weighted by Gasteiger charge is 2.37. The van der Waals surface area contributed by atoms with Crippen LogP contribution in [0.4, 0.5) is 11.4 Å². The fourth-order valence-corrected chi connectivity index (χ4v) is 2.57. The SMILES string of the molecule is COC1(CNc2c(Cl)cc(N)cc2C(N)=O)CCC1. The molecule has 104 valence electrons. The predicted octanol–water partition coefficient (Wildman–Crippen LogP) is 2.00. The van der Waals surface area contributed by atoms with E-state index in [0.717, 1.165) is 19.3 Å². The van der Waals surface area contributed by atoms with E-state index in [1.54, 1.807) is 13.2 Å². The highest BCUT2D eigenvalue weighted by Crippen LogP contribution is 2.36. The number of primary amides is 1. The Labute approximate surface area is 117 Å². The number of hydrogen-bond acceptors (Lipinski definition) is 4. The van der Waals surface area contributed by atoms with Gasteiger partial charge in [-0.25, -0.2) is 0 Å². The smallest absolute Gasteiger partial charge is 0.250 e. The van der Waals surface area contributed by atoms with Crippen molar-refractivity contribution in [1.29, 1.82) is 0 Å². The molecule has 0 unspecified atom stereocenters. The molecule has 0 spiro atoms. The second-order valence-electron chi connectivity index (χ2n) is 4.88. The van der Waals surface area contributed by atoms with Crippen LogP contribution in [0.15, 0.2) is 12.1 Å². The second-order valence-corrected chi connectivity index (χ2v) is 5.29. The van der Waals surface area contributed by atoms with E-state index in [1.807, 2.05) is 0 Å². The number of amides is 1. The fourth-order valence-electron chi connectivity index (χ4n) is 2.28. The Morgan fingerprint density at radius 2 is 2.21 bits per heavy atom. The summed E-state index contributed by atoms with van der Waals surface area (Å²) >= 11 is 6.12. The summed E-state index contributed by atoms with van der Waals surface area (Å²) in [6.07, 6.45) is 3.14. The van der Waals surface area contributed by atoms with E-state index in [-0.39, 0.29) is 5.60 Å². The molecule has 5 N–H and O–H groups in total. The number of nitrogens with two attached hydrogens (primary N) is 2. The maximum absolute atomic E-state index is 11.4. The monoisotopic (exact) mass is 283 g/mol. The average molecular weight is 284 g/mol. The maximum Gasteiger partial charge on any atom is 0.250 e. The lowest BCUT2D eigenvalue weighted by atomic mass is 9.80. The molecule has 0 saturated heterocycles. The fraction of sp³-hybridized carbons (Fsp3) is 0.462. The van der Waals surface area contributed by atoms with Crippen molar-refractivity contribution in [2.45, 2.75) is 24.9 Å². The first kappa shape index (κ1) is 14.0. The number of carbonyl (C=O) groups is 1. The van der Waals surface area contributed by atoms with Crippen LogP contribution >= 0.6 is 11.6 Å². The standard InChI is InChI=1S/C13H18ClN3O2/c1-19-13(3-2-4-13)7-17-11-9(12(16)18)5-8(15)6-10(11)14/h5-6,17H,2-4,7,15H2,1H3,(H2,16,18).